The van der Waals surface area contributed by atoms with Gasteiger partial charge in [-0.1, -0.05) is 54.9 Å². The molecule has 1 aliphatic carbocycles. The number of benzene rings is 2. The summed E-state index contributed by atoms with van der Waals surface area (Å²) in [6.07, 6.45) is 3.61. The predicted octanol–water partition coefficient (Wildman–Crippen LogP) is 4.01. The van der Waals surface area contributed by atoms with Gasteiger partial charge in [0.1, 0.15) is 0 Å². The summed E-state index contributed by atoms with van der Waals surface area (Å²) in [6.45, 7) is 5.08. The third-order valence-corrected chi connectivity index (χ3v) is 8.86. The van der Waals surface area contributed by atoms with Crippen LogP contribution in [0.1, 0.15) is 63.5 Å². The van der Waals surface area contributed by atoms with E-state index in [9.17, 15) is 19.8 Å². The number of nitrogens with one attached hydrogen (secondary N) is 1. The van der Waals surface area contributed by atoms with Crippen LogP contribution >= 0.6 is 11.6 Å². The minimum atomic E-state index is -1.27. The molecule has 4 rings (SSSR count). The summed E-state index contributed by atoms with van der Waals surface area (Å²) in [5.41, 5.74) is 8.42. The van der Waals surface area contributed by atoms with Gasteiger partial charge < -0.3 is 26.2 Å². The molecule has 39 heavy (non-hydrogen) atoms. The molecule has 2 fully saturated rings. The van der Waals surface area contributed by atoms with Gasteiger partial charge in [0.2, 0.25) is 11.8 Å². The Morgan fingerprint density at radius 2 is 1.97 bits per heavy atom. The van der Waals surface area contributed by atoms with Gasteiger partial charge in [-0.2, -0.15) is 0 Å². The molecule has 2 unspecified atom stereocenters. The highest BCUT2D eigenvalue weighted by Gasteiger charge is 2.44. The largest absolute Gasteiger partial charge is 0.391 e. The Kier molecular flexibility index (Phi) is 9.70. The van der Waals surface area contributed by atoms with Crippen LogP contribution < -0.4 is 11.1 Å². The topological polar surface area (TPSA) is 116 Å². The van der Waals surface area contributed by atoms with E-state index in [1.165, 1.54) is 12.5 Å². The van der Waals surface area contributed by atoms with Crippen molar-refractivity contribution in [1.82, 2.24) is 10.2 Å². The SMILES string of the molecule is CCc1cccc(-c2c(Cl)cccc2C(O)(CCCNC(C)=O)C2CCCN(C(=O)[C@H]3C[C@@H](N)[C@@H](O)C3)C2)c1. The van der Waals surface area contributed by atoms with Crippen molar-refractivity contribution in [2.45, 2.75) is 76.5 Å². The number of rotatable bonds is 9. The number of likely N-dealkylation sites (tertiary alicyclic amines) is 1. The Morgan fingerprint density at radius 3 is 2.67 bits per heavy atom. The lowest BCUT2D eigenvalue weighted by Gasteiger charge is -2.44. The van der Waals surface area contributed by atoms with Crippen molar-refractivity contribution in [1.29, 1.82) is 0 Å². The number of nitrogens with zero attached hydrogens (tertiary/aromatic N) is 1. The molecule has 1 saturated carbocycles. The van der Waals surface area contributed by atoms with Crippen LogP contribution in [0.15, 0.2) is 42.5 Å². The molecular formula is C31H42ClN3O4. The third-order valence-electron chi connectivity index (χ3n) is 8.55. The molecule has 2 aromatic rings. The zero-order chi connectivity index (χ0) is 28.2. The summed E-state index contributed by atoms with van der Waals surface area (Å²) < 4.78 is 0. The fraction of sp³-hybridized carbons (Fsp3) is 0.548. The molecule has 1 saturated heterocycles. The molecule has 2 aliphatic rings. The standard InChI is InChI=1S/C31H42ClN3O4/c1-3-21-8-4-9-22(16-21)29-25(11-5-12-26(29)32)31(39,13-7-14-34-20(2)36)24-10-6-15-35(19-24)30(38)23-17-27(33)28(37)18-23/h4-5,8-9,11-12,16,23-24,27-28,37,39H,3,6-7,10,13-15,17-19,33H2,1-2H3,(H,34,36)/t23-,24?,27+,28-,31?/m0/s1. The molecular weight excluding hydrogens is 514 g/mol. The molecule has 0 aromatic heterocycles. The van der Waals surface area contributed by atoms with Crippen molar-refractivity contribution in [2.24, 2.45) is 17.6 Å². The van der Waals surface area contributed by atoms with E-state index in [2.05, 4.69) is 24.4 Å². The summed E-state index contributed by atoms with van der Waals surface area (Å²) in [4.78, 5) is 26.8. The minimum absolute atomic E-state index is 0.00857. The monoisotopic (exact) mass is 555 g/mol. The van der Waals surface area contributed by atoms with Crippen LogP contribution in [0, 0.1) is 11.8 Å². The summed E-state index contributed by atoms with van der Waals surface area (Å²) in [5, 5.41) is 26.2. The van der Waals surface area contributed by atoms with E-state index in [4.69, 9.17) is 17.3 Å². The van der Waals surface area contributed by atoms with Crippen molar-refractivity contribution in [3.63, 3.8) is 0 Å². The van der Waals surface area contributed by atoms with E-state index >= 15 is 0 Å². The van der Waals surface area contributed by atoms with Gasteiger partial charge in [-0.25, -0.2) is 0 Å². The summed E-state index contributed by atoms with van der Waals surface area (Å²) in [7, 11) is 0. The molecule has 7 nitrogen and oxygen atoms in total. The number of piperidine rings is 1. The van der Waals surface area contributed by atoms with Crippen molar-refractivity contribution in [2.75, 3.05) is 19.6 Å². The van der Waals surface area contributed by atoms with Gasteiger partial charge in [-0.15, -0.1) is 0 Å². The molecule has 8 heteroatoms. The first-order valence-electron chi connectivity index (χ1n) is 14.2. The zero-order valence-electron chi connectivity index (χ0n) is 23.0. The predicted molar refractivity (Wildman–Crippen MR) is 154 cm³/mol. The number of halogens is 1. The first kappa shape index (κ1) is 29.5. The summed E-state index contributed by atoms with van der Waals surface area (Å²) in [6, 6.07) is 13.5. The number of hydrogen-bond acceptors (Lipinski definition) is 5. The van der Waals surface area contributed by atoms with Crippen LogP contribution in [0.4, 0.5) is 0 Å². The Balaban J connectivity index is 1.69. The molecule has 0 spiro atoms. The maximum atomic E-state index is 13.5. The normalized spacial score (nSPS) is 24.8. The Bertz CT molecular complexity index is 1160. The number of nitrogens with two attached hydrogens (primary N) is 1. The number of aliphatic hydroxyl groups is 2. The van der Waals surface area contributed by atoms with Crippen LogP contribution in [0.25, 0.3) is 11.1 Å². The number of carbonyl (C=O) groups excluding carboxylic acids is 2. The van der Waals surface area contributed by atoms with Gasteiger partial charge in [0.15, 0.2) is 0 Å². The first-order chi connectivity index (χ1) is 18.6. The Hall–Kier alpha value is -2.45. The van der Waals surface area contributed by atoms with E-state index < -0.39 is 11.7 Å². The maximum Gasteiger partial charge on any atom is 0.225 e. The highest BCUT2D eigenvalue weighted by Crippen LogP contribution is 2.46. The second-order valence-electron chi connectivity index (χ2n) is 11.3. The number of aryl methyl sites for hydroxylation is 1. The molecule has 0 bridgehead atoms. The van der Waals surface area contributed by atoms with Crippen molar-refractivity contribution >= 4 is 23.4 Å². The smallest absolute Gasteiger partial charge is 0.225 e. The Labute approximate surface area is 236 Å². The van der Waals surface area contributed by atoms with Gasteiger partial charge in [-0.3, -0.25) is 9.59 Å². The zero-order valence-corrected chi connectivity index (χ0v) is 23.8. The van der Waals surface area contributed by atoms with Crippen LogP contribution in [-0.4, -0.2) is 58.7 Å². The summed E-state index contributed by atoms with van der Waals surface area (Å²) in [5.74, 6) is -0.613. The molecule has 212 valence electrons. The van der Waals surface area contributed by atoms with E-state index in [0.717, 1.165) is 36.0 Å². The van der Waals surface area contributed by atoms with Gasteiger partial charge >= 0.3 is 0 Å². The lowest BCUT2D eigenvalue weighted by molar-refractivity contribution is -0.141. The van der Waals surface area contributed by atoms with Crippen LogP contribution in [0.3, 0.4) is 0 Å². The number of aliphatic hydroxyl groups excluding tert-OH is 1. The molecule has 2 aromatic carbocycles. The lowest BCUT2D eigenvalue weighted by atomic mass is 9.72. The molecule has 0 radical (unpaired) electrons. The highest BCUT2D eigenvalue weighted by atomic mass is 35.5. The first-order valence-corrected chi connectivity index (χ1v) is 14.6. The average Bonchev–Trinajstić information content (AvgIpc) is 3.28. The fourth-order valence-electron chi connectivity index (χ4n) is 6.38. The van der Waals surface area contributed by atoms with Crippen molar-refractivity contribution in [3.8, 4) is 11.1 Å². The number of hydrogen-bond donors (Lipinski definition) is 4. The second kappa shape index (κ2) is 12.8. The average molecular weight is 556 g/mol. The van der Waals surface area contributed by atoms with Crippen LogP contribution in [0.5, 0.6) is 0 Å². The molecule has 1 heterocycles. The molecule has 5 atom stereocenters. The van der Waals surface area contributed by atoms with E-state index in [-0.39, 0.29) is 29.7 Å². The van der Waals surface area contributed by atoms with Crippen LogP contribution in [0.2, 0.25) is 5.02 Å². The molecule has 1 aliphatic heterocycles. The van der Waals surface area contributed by atoms with Gasteiger partial charge in [0.05, 0.1) is 11.7 Å². The number of amides is 2. The van der Waals surface area contributed by atoms with E-state index in [1.54, 1.807) is 0 Å². The van der Waals surface area contributed by atoms with E-state index in [0.29, 0.717) is 50.3 Å². The quantitative estimate of drug-likeness (QED) is 0.349. The van der Waals surface area contributed by atoms with Gasteiger partial charge in [0.25, 0.3) is 0 Å². The highest BCUT2D eigenvalue weighted by molar-refractivity contribution is 6.33. The number of carbonyl (C=O) groups is 2. The van der Waals surface area contributed by atoms with Crippen LogP contribution in [-0.2, 0) is 21.6 Å². The summed E-state index contributed by atoms with van der Waals surface area (Å²) >= 11 is 6.83. The van der Waals surface area contributed by atoms with Gasteiger partial charge in [0, 0.05) is 55.0 Å². The van der Waals surface area contributed by atoms with Gasteiger partial charge in [-0.05, 0) is 67.7 Å². The second-order valence-corrected chi connectivity index (χ2v) is 11.7. The molecule has 5 N–H and O–H groups in total. The minimum Gasteiger partial charge on any atom is -0.391 e. The fourth-order valence-corrected chi connectivity index (χ4v) is 6.66. The van der Waals surface area contributed by atoms with Crippen molar-refractivity contribution < 1.29 is 19.8 Å². The Morgan fingerprint density at radius 1 is 1.21 bits per heavy atom. The molecule has 2 amide bonds. The van der Waals surface area contributed by atoms with Crippen molar-refractivity contribution in [3.05, 3.63) is 58.6 Å². The lowest BCUT2D eigenvalue weighted by Crippen LogP contribution is -2.49. The maximum absolute atomic E-state index is 13.5. The third kappa shape index (κ3) is 6.65. The van der Waals surface area contributed by atoms with E-state index in [1.807, 2.05) is 35.2 Å².